The molecule has 2 atom stereocenters. The number of nitrogens with zero attached hydrogens (tertiary/aromatic N) is 1. The van der Waals surface area contributed by atoms with Gasteiger partial charge in [-0.25, -0.2) is 13.8 Å². The largest absolute Gasteiger partial charge is 0.458 e. The maximum Gasteiger partial charge on any atom is 0.424 e. The molecule has 4 rings (SSSR count). The quantitative estimate of drug-likeness (QED) is 0.694. The molecule has 30 heavy (non-hydrogen) atoms. The van der Waals surface area contributed by atoms with Crippen molar-refractivity contribution >= 4 is 23.3 Å². The lowest BCUT2D eigenvalue weighted by Gasteiger charge is -2.25. The monoisotopic (exact) mass is 429 g/mol. The molecular weight excluding hydrogens is 406 g/mol. The molecule has 1 fully saturated rings. The summed E-state index contributed by atoms with van der Waals surface area (Å²) >= 11 is -2.11. The Hall–Kier alpha value is -2.71. The van der Waals surface area contributed by atoms with E-state index >= 15 is 0 Å². The van der Waals surface area contributed by atoms with Crippen molar-refractivity contribution in [3.05, 3.63) is 59.7 Å². The van der Waals surface area contributed by atoms with Crippen LogP contribution in [0.3, 0.4) is 0 Å². The van der Waals surface area contributed by atoms with Crippen LogP contribution in [0.25, 0.3) is 11.1 Å². The lowest BCUT2D eigenvalue weighted by Crippen LogP contribution is -2.45. The molecule has 2 aromatic carbocycles. The van der Waals surface area contributed by atoms with Gasteiger partial charge in [-0.15, -0.1) is 0 Å². The van der Waals surface area contributed by atoms with Crippen molar-refractivity contribution in [1.82, 2.24) is 4.31 Å². The zero-order valence-corrected chi connectivity index (χ0v) is 17.8. The van der Waals surface area contributed by atoms with Crippen molar-refractivity contribution < 1.29 is 27.5 Å². The summed E-state index contributed by atoms with van der Waals surface area (Å²) in [7, 11) is 0. The molecule has 1 saturated heterocycles. The number of ether oxygens (including phenoxy) is 2. The number of hydrogen-bond acceptors (Lipinski definition) is 6. The minimum atomic E-state index is -2.11. The van der Waals surface area contributed by atoms with Crippen LogP contribution in [0.2, 0.25) is 0 Å². The number of benzene rings is 2. The highest BCUT2D eigenvalue weighted by molar-refractivity contribution is 7.78. The number of amides is 1. The van der Waals surface area contributed by atoms with E-state index in [4.69, 9.17) is 13.7 Å². The second-order valence-electron chi connectivity index (χ2n) is 8.18. The second-order valence-corrected chi connectivity index (χ2v) is 9.24. The Bertz CT molecular complexity index is 969. The average Bonchev–Trinajstić information content (AvgIpc) is 3.23. The van der Waals surface area contributed by atoms with E-state index in [1.807, 2.05) is 48.5 Å². The van der Waals surface area contributed by atoms with Crippen LogP contribution in [0.5, 0.6) is 0 Å². The first kappa shape index (κ1) is 20.6. The fourth-order valence-electron chi connectivity index (χ4n) is 3.73. The van der Waals surface area contributed by atoms with E-state index in [9.17, 15) is 13.8 Å². The predicted molar refractivity (Wildman–Crippen MR) is 111 cm³/mol. The van der Waals surface area contributed by atoms with E-state index in [1.54, 1.807) is 20.8 Å². The number of hydrogen-bond donors (Lipinski definition) is 0. The maximum absolute atomic E-state index is 12.7. The van der Waals surface area contributed by atoms with Crippen LogP contribution in [-0.2, 0) is 29.7 Å². The predicted octanol–water partition coefficient (Wildman–Crippen LogP) is 3.56. The van der Waals surface area contributed by atoms with Gasteiger partial charge in [0.25, 0.3) is 11.3 Å². The van der Waals surface area contributed by atoms with Gasteiger partial charge in [-0.05, 0) is 43.0 Å². The van der Waals surface area contributed by atoms with Crippen molar-refractivity contribution in [2.75, 3.05) is 13.2 Å². The number of fused-ring (bicyclic) bond motifs is 3. The van der Waals surface area contributed by atoms with Crippen molar-refractivity contribution in [2.45, 2.75) is 38.3 Å². The molecule has 1 aliphatic carbocycles. The minimum absolute atomic E-state index is 0.0571. The van der Waals surface area contributed by atoms with Crippen molar-refractivity contribution in [3.63, 3.8) is 0 Å². The Labute approximate surface area is 177 Å². The summed E-state index contributed by atoms with van der Waals surface area (Å²) in [6, 6.07) is 14.8. The Morgan fingerprint density at radius 2 is 1.63 bits per heavy atom. The van der Waals surface area contributed by atoms with Crippen LogP contribution in [-0.4, -0.2) is 45.4 Å². The molecule has 0 bridgehead atoms. The third kappa shape index (κ3) is 3.85. The smallest absolute Gasteiger partial charge is 0.424 e. The lowest BCUT2D eigenvalue weighted by molar-refractivity contribution is -0.159. The minimum Gasteiger partial charge on any atom is -0.458 e. The average molecular weight is 429 g/mol. The first-order valence-corrected chi connectivity index (χ1v) is 10.7. The zero-order valence-electron chi connectivity index (χ0n) is 17.0. The molecule has 0 spiro atoms. The first-order valence-electron chi connectivity index (χ1n) is 9.68. The molecule has 2 aromatic rings. The van der Waals surface area contributed by atoms with Gasteiger partial charge in [-0.2, -0.15) is 4.31 Å². The SMILES string of the molecule is CC(C)(C)OC(=O)[C@@H]1COS(=O)N1C(=O)OCC1c2ccccc2-c2ccccc21. The maximum atomic E-state index is 12.7. The molecule has 0 aromatic heterocycles. The molecule has 1 heterocycles. The highest BCUT2D eigenvalue weighted by atomic mass is 32.2. The summed E-state index contributed by atoms with van der Waals surface area (Å²) in [4.78, 5) is 25.2. The third-order valence-corrected chi connectivity index (χ3v) is 6.03. The number of esters is 1. The molecule has 1 unspecified atom stereocenters. The Kier molecular flexibility index (Phi) is 5.38. The van der Waals surface area contributed by atoms with Gasteiger partial charge in [0.05, 0.1) is 6.61 Å². The molecule has 7 nitrogen and oxygen atoms in total. The highest BCUT2D eigenvalue weighted by Crippen LogP contribution is 2.44. The molecule has 0 radical (unpaired) electrons. The van der Waals surface area contributed by atoms with E-state index in [0.29, 0.717) is 0 Å². The molecule has 0 saturated carbocycles. The van der Waals surface area contributed by atoms with Crippen molar-refractivity contribution in [3.8, 4) is 11.1 Å². The third-order valence-electron chi connectivity index (χ3n) is 4.97. The van der Waals surface area contributed by atoms with Crippen LogP contribution < -0.4 is 0 Å². The number of rotatable bonds is 3. The van der Waals surface area contributed by atoms with Crippen LogP contribution in [0, 0.1) is 0 Å². The standard InChI is InChI=1S/C22H23NO6S/c1-22(2,3)29-20(24)19-13-28-30(26)23(19)21(25)27-12-18-16-10-6-4-8-14(16)15-9-5-7-11-17(15)18/h4-11,18-19H,12-13H2,1-3H3/t19-,30?/m0/s1. The van der Waals surface area contributed by atoms with Gasteiger partial charge < -0.3 is 9.47 Å². The second kappa shape index (κ2) is 7.85. The molecule has 1 amide bonds. The highest BCUT2D eigenvalue weighted by Gasteiger charge is 2.45. The number of carbonyl (C=O) groups excluding carboxylic acids is 2. The summed E-state index contributed by atoms with van der Waals surface area (Å²) in [5.74, 6) is -0.819. The fraction of sp³-hybridized carbons (Fsp3) is 0.364. The summed E-state index contributed by atoms with van der Waals surface area (Å²) in [6.45, 7) is 5.01. The van der Waals surface area contributed by atoms with E-state index < -0.39 is 35.0 Å². The lowest BCUT2D eigenvalue weighted by atomic mass is 9.98. The summed E-state index contributed by atoms with van der Waals surface area (Å²) < 4.78 is 28.8. The van der Waals surface area contributed by atoms with Crippen LogP contribution in [0.4, 0.5) is 4.79 Å². The Balaban J connectivity index is 1.50. The molecule has 158 valence electrons. The van der Waals surface area contributed by atoms with Crippen LogP contribution >= 0.6 is 0 Å². The number of carbonyl (C=O) groups is 2. The van der Waals surface area contributed by atoms with Gasteiger partial charge in [-0.3, -0.25) is 4.18 Å². The summed E-state index contributed by atoms with van der Waals surface area (Å²) in [5.41, 5.74) is 3.60. The normalized spacial score (nSPS) is 20.6. The Morgan fingerprint density at radius 3 is 2.20 bits per heavy atom. The van der Waals surface area contributed by atoms with Crippen LogP contribution in [0.1, 0.15) is 37.8 Å². The molecule has 8 heteroatoms. The Morgan fingerprint density at radius 1 is 1.07 bits per heavy atom. The van der Waals surface area contributed by atoms with E-state index in [0.717, 1.165) is 26.6 Å². The molecule has 0 N–H and O–H groups in total. The van der Waals surface area contributed by atoms with Gasteiger partial charge in [0.1, 0.15) is 12.2 Å². The fourth-order valence-corrected chi connectivity index (χ4v) is 4.62. The molecule has 2 aliphatic rings. The van der Waals surface area contributed by atoms with Crippen molar-refractivity contribution in [2.24, 2.45) is 0 Å². The van der Waals surface area contributed by atoms with Gasteiger partial charge in [-0.1, -0.05) is 48.5 Å². The summed E-state index contributed by atoms with van der Waals surface area (Å²) in [6.07, 6.45) is -0.872. The summed E-state index contributed by atoms with van der Waals surface area (Å²) in [5, 5.41) is 0. The topological polar surface area (TPSA) is 82.1 Å². The van der Waals surface area contributed by atoms with E-state index in [1.165, 1.54) is 0 Å². The van der Waals surface area contributed by atoms with Gasteiger partial charge in [0.2, 0.25) is 0 Å². The van der Waals surface area contributed by atoms with E-state index in [-0.39, 0.29) is 19.1 Å². The van der Waals surface area contributed by atoms with Crippen LogP contribution in [0.15, 0.2) is 48.5 Å². The first-order chi connectivity index (χ1) is 14.3. The van der Waals surface area contributed by atoms with Gasteiger partial charge in [0, 0.05) is 5.92 Å². The van der Waals surface area contributed by atoms with Crippen molar-refractivity contribution in [1.29, 1.82) is 0 Å². The molecular formula is C22H23NO6S. The van der Waals surface area contributed by atoms with Gasteiger partial charge in [0.15, 0.2) is 6.04 Å². The molecule has 1 aliphatic heterocycles. The van der Waals surface area contributed by atoms with Gasteiger partial charge >= 0.3 is 12.1 Å². The van der Waals surface area contributed by atoms with E-state index in [2.05, 4.69) is 0 Å². The zero-order chi connectivity index (χ0) is 21.5.